The summed E-state index contributed by atoms with van der Waals surface area (Å²) in [6, 6.07) is 18.6. The van der Waals surface area contributed by atoms with Gasteiger partial charge in [-0.05, 0) is 44.5 Å². The van der Waals surface area contributed by atoms with Gasteiger partial charge in [0, 0.05) is 30.1 Å². The molecule has 3 aromatic rings. The smallest absolute Gasteiger partial charge is 0.244 e. The topological polar surface area (TPSA) is 105 Å². The van der Waals surface area contributed by atoms with Gasteiger partial charge in [0.2, 0.25) is 28.6 Å². The van der Waals surface area contributed by atoms with Crippen LogP contribution < -0.4 is 19.1 Å². The number of fused-ring (bicyclic) bond motifs is 1. The molecule has 0 radical (unpaired) electrons. The van der Waals surface area contributed by atoms with Crippen LogP contribution in [0.25, 0.3) is 0 Å². The second-order valence-electron chi connectivity index (χ2n) is 10.9. The Morgan fingerprint density at radius 1 is 0.976 bits per heavy atom. The molecule has 1 N–H and O–H groups in total. The highest BCUT2D eigenvalue weighted by molar-refractivity contribution is 7.92. The molecule has 0 saturated carbocycles. The Labute approximate surface area is 239 Å². The van der Waals surface area contributed by atoms with Crippen LogP contribution in [0.15, 0.2) is 72.8 Å². The molecule has 0 unspecified atom stereocenters. The van der Waals surface area contributed by atoms with Crippen LogP contribution in [0.5, 0.6) is 11.5 Å². The maximum atomic E-state index is 14.8. The van der Waals surface area contributed by atoms with Crippen molar-refractivity contribution >= 4 is 27.5 Å². The lowest BCUT2D eigenvalue weighted by molar-refractivity contribution is -0.140. The van der Waals surface area contributed by atoms with E-state index in [1.54, 1.807) is 12.1 Å². The Bertz CT molecular complexity index is 1510. The molecule has 3 aromatic carbocycles. The Morgan fingerprint density at radius 3 is 2.29 bits per heavy atom. The van der Waals surface area contributed by atoms with Crippen molar-refractivity contribution in [2.75, 3.05) is 23.9 Å². The largest absolute Gasteiger partial charge is 0.454 e. The summed E-state index contributed by atoms with van der Waals surface area (Å²) in [6.07, 6.45) is 1.12. The Morgan fingerprint density at radius 2 is 1.63 bits per heavy atom. The second-order valence-corrected chi connectivity index (χ2v) is 12.8. The number of hydrogen-bond donors (Lipinski definition) is 1. The molecule has 1 atom stereocenters. The Balaban J connectivity index is 1.75. The Hall–Kier alpha value is -4.12. The molecule has 2 amide bonds. The summed E-state index contributed by atoms with van der Waals surface area (Å²) >= 11 is 0. The van der Waals surface area contributed by atoms with E-state index in [2.05, 4.69) is 5.32 Å². The molecule has 0 spiro atoms. The predicted octanol–water partition coefficient (Wildman–Crippen LogP) is 3.88. The van der Waals surface area contributed by atoms with Crippen molar-refractivity contribution in [2.45, 2.75) is 45.3 Å². The summed E-state index contributed by atoms with van der Waals surface area (Å²) in [6.45, 7) is 4.58. The number of anilines is 1. The van der Waals surface area contributed by atoms with Crippen LogP contribution in [-0.2, 0) is 32.6 Å². The van der Waals surface area contributed by atoms with Crippen molar-refractivity contribution in [2.24, 2.45) is 0 Å². The second kappa shape index (κ2) is 12.2. The van der Waals surface area contributed by atoms with Crippen LogP contribution in [0.1, 0.15) is 31.9 Å². The van der Waals surface area contributed by atoms with E-state index in [0.717, 1.165) is 16.1 Å². The maximum absolute atomic E-state index is 14.8. The lowest BCUT2D eigenvalue weighted by Gasteiger charge is -2.35. The molecule has 0 saturated heterocycles. The molecular formula is C30H34FN3O6S. The molecule has 41 heavy (non-hydrogen) atoms. The van der Waals surface area contributed by atoms with Crippen molar-refractivity contribution in [3.8, 4) is 11.5 Å². The van der Waals surface area contributed by atoms with Gasteiger partial charge in [-0.15, -0.1) is 0 Å². The highest BCUT2D eigenvalue weighted by Gasteiger charge is 2.35. The van der Waals surface area contributed by atoms with E-state index in [1.807, 2.05) is 51.1 Å². The van der Waals surface area contributed by atoms with Gasteiger partial charge >= 0.3 is 0 Å². The zero-order valence-electron chi connectivity index (χ0n) is 23.5. The van der Waals surface area contributed by atoms with E-state index in [9.17, 15) is 22.4 Å². The number of amides is 2. The van der Waals surface area contributed by atoms with E-state index < -0.39 is 45.8 Å². The first kappa shape index (κ1) is 29.9. The minimum Gasteiger partial charge on any atom is -0.454 e. The van der Waals surface area contributed by atoms with E-state index in [1.165, 1.54) is 35.2 Å². The van der Waals surface area contributed by atoms with Gasteiger partial charge in [-0.25, -0.2) is 12.8 Å². The van der Waals surface area contributed by atoms with E-state index in [-0.39, 0.29) is 31.0 Å². The molecule has 1 heterocycles. The fraction of sp³-hybridized carbons (Fsp3) is 0.333. The first-order valence-corrected chi connectivity index (χ1v) is 14.9. The summed E-state index contributed by atoms with van der Waals surface area (Å²) in [5.41, 5.74) is 0.541. The minimum absolute atomic E-state index is 0.00291. The zero-order chi connectivity index (χ0) is 29.8. The minimum atomic E-state index is -3.96. The Kier molecular flexibility index (Phi) is 8.86. The number of hydrogen-bond acceptors (Lipinski definition) is 6. The van der Waals surface area contributed by atoms with Gasteiger partial charge in [-0.3, -0.25) is 13.9 Å². The summed E-state index contributed by atoms with van der Waals surface area (Å²) in [7, 11) is -3.96. The molecule has 1 aliphatic rings. The highest BCUT2D eigenvalue weighted by Crippen LogP contribution is 2.36. The molecule has 0 aromatic heterocycles. The van der Waals surface area contributed by atoms with Gasteiger partial charge in [-0.1, -0.05) is 48.5 Å². The third kappa shape index (κ3) is 7.75. The van der Waals surface area contributed by atoms with Crippen molar-refractivity contribution < 1.29 is 31.9 Å². The first-order chi connectivity index (χ1) is 19.3. The maximum Gasteiger partial charge on any atom is 0.244 e. The zero-order valence-corrected chi connectivity index (χ0v) is 24.3. The molecule has 0 fully saturated rings. The van der Waals surface area contributed by atoms with Gasteiger partial charge in [0.25, 0.3) is 0 Å². The van der Waals surface area contributed by atoms with Crippen LogP contribution >= 0.6 is 0 Å². The van der Waals surface area contributed by atoms with Crippen molar-refractivity contribution in [1.82, 2.24) is 10.2 Å². The highest BCUT2D eigenvalue weighted by atomic mass is 32.2. The third-order valence-electron chi connectivity index (χ3n) is 6.39. The normalized spacial score (nSPS) is 13.4. The monoisotopic (exact) mass is 583 g/mol. The van der Waals surface area contributed by atoms with Crippen molar-refractivity contribution in [3.05, 3.63) is 89.7 Å². The summed E-state index contributed by atoms with van der Waals surface area (Å²) in [4.78, 5) is 29.0. The van der Waals surface area contributed by atoms with Crippen LogP contribution in [0.4, 0.5) is 10.1 Å². The van der Waals surface area contributed by atoms with Crippen molar-refractivity contribution in [3.63, 3.8) is 0 Å². The number of nitrogens with zero attached hydrogens (tertiary/aromatic N) is 2. The average molecular weight is 584 g/mol. The molecule has 9 nitrogen and oxygen atoms in total. The number of sulfonamides is 1. The number of halogens is 1. The van der Waals surface area contributed by atoms with E-state index >= 15 is 0 Å². The molecule has 218 valence electrons. The standard InChI is InChI=1S/C30H34FN3O6S/c1-30(2,3)32-29(36)25(16-21-10-6-5-7-11-21)33(18-22-12-8-9-13-24(22)31)28(35)19-34(41(4,37)38)23-14-15-26-27(17-23)40-20-39-26/h5-15,17,25H,16,18-20H2,1-4H3,(H,32,36)/t25-/m1/s1. The quantitative estimate of drug-likeness (QED) is 0.389. The fourth-order valence-electron chi connectivity index (χ4n) is 4.47. The van der Waals surface area contributed by atoms with Crippen LogP contribution in [0.2, 0.25) is 0 Å². The number of carbonyl (C=O) groups excluding carboxylic acids is 2. The molecular weight excluding hydrogens is 549 g/mol. The third-order valence-corrected chi connectivity index (χ3v) is 7.53. The number of ether oxygens (including phenoxy) is 2. The first-order valence-electron chi connectivity index (χ1n) is 13.1. The van der Waals surface area contributed by atoms with Gasteiger partial charge in [0.05, 0.1) is 11.9 Å². The van der Waals surface area contributed by atoms with Crippen LogP contribution in [0, 0.1) is 5.82 Å². The summed E-state index contributed by atoms with van der Waals surface area (Å²) in [5, 5.41) is 2.93. The van der Waals surface area contributed by atoms with Crippen LogP contribution in [0.3, 0.4) is 0 Å². The van der Waals surface area contributed by atoms with Gasteiger partial charge in [0.15, 0.2) is 11.5 Å². The SMILES string of the molecule is CC(C)(C)NC(=O)[C@@H](Cc1ccccc1)N(Cc1ccccc1F)C(=O)CN(c1ccc2c(c1)OCO2)S(C)(=O)=O. The molecule has 11 heteroatoms. The fourth-order valence-corrected chi connectivity index (χ4v) is 5.31. The lowest BCUT2D eigenvalue weighted by atomic mass is 10.0. The van der Waals surface area contributed by atoms with E-state index in [4.69, 9.17) is 9.47 Å². The summed E-state index contributed by atoms with van der Waals surface area (Å²) < 4.78 is 52.4. The average Bonchev–Trinajstić information content (AvgIpc) is 3.37. The number of rotatable bonds is 10. The molecule has 4 rings (SSSR count). The number of carbonyl (C=O) groups is 2. The predicted molar refractivity (Wildman–Crippen MR) is 154 cm³/mol. The van der Waals surface area contributed by atoms with Gasteiger partial charge < -0.3 is 19.7 Å². The van der Waals surface area contributed by atoms with Crippen LogP contribution in [-0.4, -0.2) is 56.3 Å². The van der Waals surface area contributed by atoms with Gasteiger partial charge in [-0.2, -0.15) is 0 Å². The number of nitrogens with one attached hydrogen (secondary N) is 1. The number of benzene rings is 3. The molecule has 0 aliphatic carbocycles. The van der Waals surface area contributed by atoms with Gasteiger partial charge in [0.1, 0.15) is 18.4 Å². The molecule has 0 bridgehead atoms. The van der Waals surface area contributed by atoms with E-state index in [0.29, 0.717) is 11.5 Å². The molecule has 1 aliphatic heterocycles. The van der Waals surface area contributed by atoms with Crippen molar-refractivity contribution in [1.29, 1.82) is 0 Å². The lowest BCUT2D eigenvalue weighted by Crippen LogP contribution is -2.56. The summed E-state index contributed by atoms with van der Waals surface area (Å²) in [5.74, 6) is -0.869.